The first kappa shape index (κ1) is 13.6. The van der Waals surface area contributed by atoms with E-state index in [1.165, 1.54) is 5.56 Å². The normalized spacial score (nSPS) is 18.3. The van der Waals surface area contributed by atoms with Crippen LogP contribution in [0.25, 0.3) is 0 Å². The maximum atomic E-state index is 11.2. The van der Waals surface area contributed by atoms with Gasteiger partial charge < -0.3 is 10.1 Å². The number of hydrogen-bond acceptors (Lipinski definition) is 2. The fourth-order valence-corrected chi connectivity index (χ4v) is 2.69. The Morgan fingerprint density at radius 3 is 2.50 bits per heavy atom. The van der Waals surface area contributed by atoms with Crippen molar-refractivity contribution in [1.82, 2.24) is 5.32 Å². The Morgan fingerprint density at radius 1 is 1.33 bits per heavy atom. The third kappa shape index (κ3) is 3.12. The van der Waals surface area contributed by atoms with Crippen molar-refractivity contribution in [1.29, 1.82) is 0 Å². The minimum absolute atomic E-state index is 0.0185. The van der Waals surface area contributed by atoms with Crippen molar-refractivity contribution in [2.75, 3.05) is 19.8 Å². The van der Waals surface area contributed by atoms with Crippen LogP contribution in [-0.4, -0.2) is 25.7 Å². The number of hydrogen-bond donors (Lipinski definition) is 1. The van der Waals surface area contributed by atoms with Crippen LogP contribution in [0.15, 0.2) is 28.7 Å². The summed E-state index contributed by atoms with van der Waals surface area (Å²) in [6.45, 7) is 3.77. The van der Waals surface area contributed by atoms with Crippen molar-refractivity contribution in [3.8, 4) is 0 Å². The number of rotatable bonds is 3. The Labute approximate surface area is 116 Å². The number of amides is 1. The van der Waals surface area contributed by atoms with Gasteiger partial charge in [-0.1, -0.05) is 28.1 Å². The molecule has 0 radical (unpaired) electrons. The van der Waals surface area contributed by atoms with Gasteiger partial charge in [-0.15, -0.1) is 0 Å². The van der Waals surface area contributed by atoms with E-state index >= 15 is 0 Å². The summed E-state index contributed by atoms with van der Waals surface area (Å²) in [4.78, 5) is 11.2. The SMILES string of the molecule is CC(=O)NCC1(c2ccc(Br)cc2)CCOCC1. The second kappa shape index (κ2) is 5.85. The van der Waals surface area contributed by atoms with Crippen LogP contribution in [0.4, 0.5) is 0 Å². The molecule has 0 spiro atoms. The molecule has 1 aliphatic rings. The van der Waals surface area contributed by atoms with Crippen molar-refractivity contribution in [3.63, 3.8) is 0 Å². The molecule has 0 unspecified atom stereocenters. The Morgan fingerprint density at radius 2 is 1.94 bits per heavy atom. The van der Waals surface area contributed by atoms with Gasteiger partial charge in [-0.2, -0.15) is 0 Å². The van der Waals surface area contributed by atoms with Crippen molar-refractivity contribution in [2.45, 2.75) is 25.2 Å². The van der Waals surface area contributed by atoms with Crippen LogP contribution in [0, 0.1) is 0 Å². The lowest BCUT2D eigenvalue weighted by atomic mass is 9.74. The number of carbonyl (C=O) groups is 1. The summed E-state index contributed by atoms with van der Waals surface area (Å²) < 4.78 is 6.53. The zero-order valence-corrected chi connectivity index (χ0v) is 12.1. The third-order valence-electron chi connectivity index (χ3n) is 3.58. The Kier molecular flexibility index (Phi) is 4.40. The predicted molar refractivity (Wildman–Crippen MR) is 74.6 cm³/mol. The van der Waals surface area contributed by atoms with Crippen LogP contribution in [0.1, 0.15) is 25.3 Å². The van der Waals surface area contributed by atoms with Gasteiger partial charge in [-0.05, 0) is 30.5 Å². The maximum Gasteiger partial charge on any atom is 0.216 e. The van der Waals surface area contributed by atoms with Gasteiger partial charge in [-0.25, -0.2) is 0 Å². The van der Waals surface area contributed by atoms with Gasteiger partial charge in [0.15, 0.2) is 0 Å². The van der Waals surface area contributed by atoms with E-state index in [0.29, 0.717) is 6.54 Å². The van der Waals surface area contributed by atoms with E-state index in [2.05, 4.69) is 45.5 Å². The summed E-state index contributed by atoms with van der Waals surface area (Å²) >= 11 is 3.45. The molecule has 18 heavy (non-hydrogen) atoms. The van der Waals surface area contributed by atoms with Crippen molar-refractivity contribution in [2.24, 2.45) is 0 Å². The second-order valence-corrected chi connectivity index (χ2v) is 5.73. The first-order valence-electron chi connectivity index (χ1n) is 6.21. The van der Waals surface area contributed by atoms with E-state index in [1.807, 2.05) is 0 Å². The monoisotopic (exact) mass is 311 g/mol. The van der Waals surface area contributed by atoms with Crippen LogP contribution >= 0.6 is 15.9 Å². The number of carbonyl (C=O) groups excluding carboxylic acids is 1. The van der Waals surface area contributed by atoms with Crippen LogP contribution in [0.2, 0.25) is 0 Å². The van der Waals surface area contributed by atoms with E-state index in [4.69, 9.17) is 4.74 Å². The molecule has 0 aliphatic carbocycles. The molecule has 1 amide bonds. The van der Waals surface area contributed by atoms with E-state index in [9.17, 15) is 4.79 Å². The van der Waals surface area contributed by atoms with Gasteiger partial charge in [0.25, 0.3) is 0 Å². The van der Waals surface area contributed by atoms with E-state index in [1.54, 1.807) is 6.92 Å². The highest BCUT2D eigenvalue weighted by atomic mass is 79.9. The van der Waals surface area contributed by atoms with Gasteiger partial charge >= 0.3 is 0 Å². The Balaban J connectivity index is 2.22. The largest absolute Gasteiger partial charge is 0.381 e. The molecule has 2 rings (SSSR count). The van der Waals surface area contributed by atoms with Gasteiger partial charge in [0.2, 0.25) is 5.91 Å². The molecule has 1 N–H and O–H groups in total. The number of ether oxygens (including phenoxy) is 1. The van der Waals surface area contributed by atoms with Crippen LogP contribution in [-0.2, 0) is 14.9 Å². The Bertz CT molecular complexity index is 410. The average molecular weight is 312 g/mol. The number of halogens is 1. The highest BCUT2D eigenvalue weighted by Crippen LogP contribution is 2.34. The van der Waals surface area contributed by atoms with E-state index in [0.717, 1.165) is 30.5 Å². The smallest absolute Gasteiger partial charge is 0.216 e. The molecule has 0 bridgehead atoms. The molecule has 0 aromatic heterocycles. The summed E-state index contributed by atoms with van der Waals surface area (Å²) in [6, 6.07) is 8.38. The minimum Gasteiger partial charge on any atom is -0.381 e. The Hall–Kier alpha value is -0.870. The lowest BCUT2D eigenvalue weighted by molar-refractivity contribution is -0.119. The van der Waals surface area contributed by atoms with E-state index in [-0.39, 0.29) is 11.3 Å². The molecule has 98 valence electrons. The van der Waals surface area contributed by atoms with Crippen molar-refractivity contribution >= 4 is 21.8 Å². The zero-order valence-electron chi connectivity index (χ0n) is 10.5. The van der Waals surface area contributed by atoms with Crippen LogP contribution in [0.5, 0.6) is 0 Å². The number of nitrogens with one attached hydrogen (secondary N) is 1. The molecule has 1 heterocycles. The van der Waals surface area contributed by atoms with Crippen molar-refractivity contribution in [3.05, 3.63) is 34.3 Å². The molecule has 3 nitrogen and oxygen atoms in total. The summed E-state index contributed by atoms with van der Waals surface area (Å²) in [7, 11) is 0. The number of benzene rings is 1. The molecule has 1 aromatic rings. The fourth-order valence-electron chi connectivity index (χ4n) is 2.43. The summed E-state index contributed by atoms with van der Waals surface area (Å²) in [5.41, 5.74) is 1.30. The average Bonchev–Trinajstić information content (AvgIpc) is 2.38. The summed E-state index contributed by atoms with van der Waals surface area (Å²) in [6.07, 6.45) is 1.91. The standard InChI is InChI=1S/C14H18BrNO2/c1-11(17)16-10-14(6-8-18-9-7-14)12-2-4-13(15)5-3-12/h2-5H,6-10H2,1H3,(H,16,17). The summed E-state index contributed by atoms with van der Waals surface area (Å²) in [5.74, 6) is 0.0259. The van der Waals surface area contributed by atoms with Gasteiger partial charge in [0, 0.05) is 36.6 Å². The molecule has 1 aliphatic heterocycles. The van der Waals surface area contributed by atoms with E-state index < -0.39 is 0 Å². The molecule has 0 atom stereocenters. The lowest BCUT2D eigenvalue weighted by Gasteiger charge is -2.37. The lowest BCUT2D eigenvalue weighted by Crippen LogP contribution is -2.44. The summed E-state index contributed by atoms with van der Waals surface area (Å²) in [5, 5.41) is 2.96. The molecule has 4 heteroatoms. The molecular weight excluding hydrogens is 294 g/mol. The second-order valence-electron chi connectivity index (χ2n) is 4.81. The zero-order chi connectivity index (χ0) is 13.0. The predicted octanol–water partition coefficient (Wildman–Crippen LogP) is 2.63. The molecular formula is C14H18BrNO2. The van der Waals surface area contributed by atoms with Crippen molar-refractivity contribution < 1.29 is 9.53 Å². The topological polar surface area (TPSA) is 38.3 Å². The molecule has 1 fully saturated rings. The highest BCUT2D eigenvalue weighted by Gasteiger charge is 2.34. The minimum atomic E-state index is 0.0185. The van der Waals surface area contributed by atoms with Gasteiger partial charge in [0.05, 0.1) is 0 Å². The maximum absolute atomic E-state index is 11.2. The fraction of sp³-hybridized carbons (Fsp3) is 0.500. The van der Waals surface area contributed by atoms with Gasteiger partial charge in [-0.3, -0.25) is 4.79 Å². The molecule has 1 aromatic carbocycles. The highest BCUT2D eigenvalue weighted by molar-refractivity contribution is 9.10. The quantitative estimate of drug-likeness (QED) is 0.932. The first-order chi connectivity index (χ1) is 8.62. The molecule has 0 saturated carbocycles. The third-order valence-corrected chi connectivity index (χ3v) is 4.11. The first-order valence-corrected chi connectivity index (χ1v) is 7.00. The van der Waals surface area contributed by atoms with Gasteiger partial charge in [0.1, 0.15) is 0 Å². The van der Waals surface area contributed by atoms with Crippen LogP contribution in [0.3, 0.4) is 0 Å². The molecule has 1 saturated heterocycles. The van der Waals surface area contributed by atoms with Crippen LogP contribution < -0.4 is 5.32 Å².